The number of nitrogens with two attached hydrogens (primary N) is 1. The second kappa shape index (κ2) is 3.77. The fraction of sp³-hybridized carbons (Fsp3) is 0.636. The van der Waals surface area contributed by atoms with Gasteiger partial charge in [-0.1, -0.05) is 6.92 Å². The van der Waals surface area contributed by atoms with E-state index in [2.05, 4.69) is 22.2 Å². The van der Waals surface area contributed by atoms with Gasteiger partial charge in [0.1, 0.15) is 11.6 Å². The normalized spacial score (nSPS) is 20.1. The van der Waals surface area contributed by atoms with Crippen molar-refractivity contribution in [1.29, 1.82) is 0 Å². The molecular weight excluding hydrogens is 188 g/mol. The van der Waals surface area contributed by atoms with Gasteiger partial charge in [0.25, 0.3) is 0 Å². The lowest BCUT2D eigenvalue weighted by Gasteiger charge is -2.33. The third kappa shape index (κ3) is 2.09. The van der Waals surface area contributed by atoms with Crippen LogP contribution in [-0.4, -0.2) is 23.1 Å². The highest BCUT2D eigenvalue weighted by Crippen LogP contribution is 2.31. The Kier molecular flexibility index (Phi) is 2.61. The van der Waals surface area contributed by atoms with E-state index in [4.69, 9.17) is 5.73 Å². The van der Waals surface area contributed by atoms with Crippen LogP contribution >= 0.6 is 0 Å². The van der Waals surface area contributed by atoms with Gasteiger partial charge in [-0.2, -0.15) is 0 Å². The number of rotatable bonds is 1. The van der Waals surface area contributed by atoms with E-state index in [-0.39, 0.29) is 5.41 Å². The molecule has 0 aromatic carbocycles. The molecule has 1 aromatic rings. The Morgan fingerprint density at radius 2 is 2.00 bits per heavy atom. The number of anilines is 1. The van der Waals surface area contributed by atoms with Crippen molar-refractivity contribution in [3.63, 3.8) is 0 Å². The Morgan fingerprint density at radius 3 is 2.60 bits per heavy atom. The van der Waals surface area contributed by atoms with Crippen molar-refractivity contribution in [1.82, 2.24) is 15.3 Å². The summed E-state index contributed by atoms with van der Waals surface area (Å²) in [4.78, 5) is 8.62. The van der Waals surface area contributed by atoms with Crippen molar-refractivity contribution >= 4 is 5.82 Å². The van der Waals surface area contributed by atoms with Crippen molar-refractivity contribution in [2.75, 3.05) is 18.8 Å². The van der Waals surface area contributed by atoms with Crippen molar-refractivity contribution in [2.24, 2.45) is 0 Å². The molecular formula is C11H18N4. The summed E-state index contributed by atoms with van der Waals surface area (Å²) in [5.74, 6) is 1.35. The van der Waals surface area contributed by atoms with Gasteiger partial charge in [0.2, 0.25) is 0 Å². The molecule has 3 N–H and O–H groups in total. The van der Waals surface area contributed by atoms with Gasteiger partial charge in [0.15, 0.2) is 0 Å². The molecule has 2 rings (SSSR count). The average molecular weight is 206 g/mol. The number of nitrogen functional groups attached to an aromatic ring is 1. The quantitative estimate of drug-likeness (QED) is 0.719. The van der Waals surface area contributed by atoms with Gasteiger partial charge in [0.05, 0.1) is 5.69 Å². The van der Waals surface area contributed by atoms with Crippen molar-refractivity contribution in [2.45, 2.75) is 32.1 Å². The molecule has 0 radical (unpaired) electrons. The SMILES string of the molecule is Cc1nc(N)cc(C2(C)CCNCC2)n1. The molecule has 0 amide bonds. The monoisotopic (exact) mass is 206 g/mol. The number of aromatic nitrogens is 2. The molecule has 4 nitrogen and oxygen atoms in total. The minimum atomic E-state index is 0.160. The molecule has 1 saturated heterocycles. The predicted octanol–water partition coefficient (Wildman–Crippen LogP) is 1.01. The Morgan fingerprint density at radius 1 is 1.33 bits per heavy atom. The highest BCUT2D eigenvalue weighted by Gasteiger charge is 2.30. The summed E-state index contributed by atoms with van der Waals surface area (Å²) < 4.78 is 0. The maximum Gasteiger partial charge on any atom is 0.127 e. The Hall–Kier alpha value is -1.16. The van der Waals surface area contributed by atoms with Gasteiger partial charge >= 0.3 is 0 Å². The maximum atomic E-state index is 5.76. The topological polar surface area (TPSA) is 63.8 Å². The first-order valence-electron chi connectivity index (χ1n) is 5.42. The zero-order valence-electron chi connectivity index (χ0n) is 9.38. The van der Waals surface area contributed by atoms with Gasteiger partial charge in [-0.25, -0.2) is 9.97 Å². The Balaban J connectivity index is 2.34. The summed E-state index contributed by atoms with van der Waals surface area (Å²) >= 11 is 0. The van der Waals surface area contributed by atoms with Crippen molar-refractivity contribution in [3.8, 4) is 0 Å². The average Bonchev–Trinajstić information content (AvgIpc) is 2.17. The van der Waals surface area contributed by atoms with Crippen LogP contribution in [0.15, 0.2) is 6.07 Å². The summed E-state index contributed by atoms with van der Waals surface area (Å²) in [5.41, 5.74) is 7.01. The number of aryl methyl sites for hydroxylation is 1. The van der Waals surface area contributed by atoms with Gasteiger partial charge in [-0.05, 0) is 32.9 Å². The van der Waals surface area contributed by atoms with E-state index in [9.17, 15) is 0 Å². The molecule has 4 heteroatoms. The third-order valence-electron chi connectivity index (χ3n) is 3.18. The lowest BCUT2D eigenvalue weighted by Crippen LogP contribution is -2.38. The molecule has 1 aliphatic heterocycles. The molecule has 15 heavy (non-hydrogen) atoms. The van der Waals surface area contributed by atoms with Crippen LogP contribution < -0.4 is 11.1 Å². The second-order valence-electron chi connectivity index (χ2n) is 4.54. The standard InChI is InChI=1S/C11H18N4/c1-8-14-9(7-10(12)15-8)11(2)3-5-13-6-4-11/h7,13H,3-6H2,1-2H3,(H2,12,14,15). The number of nitrogens with one attached hydrogen (secondary N) is 1. The van der Waals surface area contributed by atoms with Crippen LogP contribution in [0.1, 0.15) is 31.3 Å². The van der Waals surface area contributed by atoms with E-state index in [1.165, 1.54) is 0 Å². The van der Waals surface area contributed by atoms with Crippen LogP contribution in [0.5, 0.6) is 0 Å². The molecule has 1 aliphatic rings. The third-order valence-corrected chi connectivity index (χ3v) is 3.18. The smallest absolute Gasteiger partial charge is 0.127 e. The van der Waals surface area contributed by atoms with Crippen LogP contribution in [0.2, 0.25) is 0 Å². The fourth-order valence-electron chi connectivity index (χ4n) is 2.13. The highest BCUT2D eigenvalue weighted by atomic mass is 15.0. The van der Waals surface area contributed by atoms with Crippen molar-refractivity contribution < 1.29 is 0 Å². The van der Waals surface area contributed by atoms with Crippen LogP contribution in [0, 0.1) is 6.92 Å². The van der Waals surface area contributed by atoms with Crippen LogP contribution in [0.4, 0.5) is 5.82 Å². The van der Waals surface area contributed by atoms with Gasteiger partial charge in [-0.15, -0.1) is 0 Å². The van der Waals surface area contributed by atoms with E-state index >= 15 is 0 Å². The first-order valence-corrected chi connectivity index (χ1v) is 5.42. The fourth-order valence-corrected chi connectivity index (χ4v) is 2.13. The number of piperidine rings is 1. The lowest BCUT2D eigenvalue weighted by atomic mass is 9.78. The molecule has 0 spiro atoms. The first kappa shape index (κ1) is 10.4. The number of nitrogens with zero attached hydrogens (tertiary/aromatic N) is 2. The van der Waals surface area contributed by atoms with E-state index < -0.39 is 0 Å². The molecule has 2 heterocycles. The molecule has 1 aromatic heterocycles. The van der Waals surface area contributed by atoms with Crippen LogP contribution in [-0.2, 0) is 5.41 Å². The Bertz CT molecular complexity index is 335. The number of hydrogen-bond acceptors (Lipinski definition) is 4. The second-order valence-corrected chi connectivity index (χ2v) is 4.54. The van der Waals surface area contributed by atoms with Gasteiger partial charge in [-0.3, -0.25) is 0 Å². The molecule has 0 saturated carbocycles. The minimum absolute atomic E-state index is 0.160. The number of hydrogen-bond donors (Lipinski definition) is 2. The molecule has 0 unspecified atom stereocenters. The van der Waals surface area contributed by atoms with E-state index in [0.717, 1.165) is 37.4 Å². The summed E-state index contributed by atoms with van der Waals surface area (Å²) in [5, 5.41) is 3.36. The zero-order chi connectivity index (χ0) is 10.9. The van der Waals surface area contributed by atoms with Gasteiger partial charge < -0.3 is 11.1 Å². The van der Waals surface area contributed by atoms with Crippen LogP contribution in [0.25, 0.3) is 0 Å². The molecule has 82 valence electrons. The van der Waals surface area contributed by atoms with E-state index in [1.807, 2.05) is 13.0 Å². The molecule has 0 atom stereocenters. The zero-order valence-corrected chi connectivity index (χ0v) is 9.38. The largest absolute Gasteiger partial charge is 0.384 e. The maximum absolute atomic E-state index is 5.76. The summed E-state index contributed by atoms with van der Waals surface area (Å²) in [6, 6.07) is 1.92. The Labute approximate surface area is 90.3 Å². The first-order chi connectivity index (χ1) is 7.10. The molecule has 1 fully saturated rings. The minimum Gasteiger partial charge on any atom is -0.384 e. The summed E-state index contributed by atoms with van der Waals surface area (Å²) in [7, 11) is 0. The van der Waals surface area contributed by atoms with E-state index in [0.29, 0.717) is 5.82 Å². The van der Waals surface area contributed by atoms with Gasteiger partial charge in [0, 0.05) is 11.5 Å². The molecule has 0 aliphatic carbocycles. The summed E-state index contributed by atoms with van der Waals surface area (Å²) in [6.07, 6.45) is 2.23. The molecule has 0 bridgehead atoms. The van der Waals surface area contributed by atoms with Crippen molar-refractivity contribution in [3.05, 3.63) is 17.6 Å². The highest BCUT2D eigenvalue weighted by molar-refractivity contribution is 5.33. The lowest BCUT2D eigenvalue weighted by molar-refractivity contribution is 0.327. The van der Waals surface area contributed by atoms with E-state index in [1.54, 1.807) is 0 Å². The van der Waals surface area contributed by atoms with Crippen LogP contribution in [0.3, 0.4) is 0 Å². The predicted molar refractivity (Wildman–Crippen MR) is 60.6 cm³/mol. The summed E-state index contributed by atoms with van der Waals surface area (Å²) in [6.45, 7) is 6.26.